The molecule has 0 aliphatic carbocycles. The van der Waals surface area contributed by atoms with Crippen molar-refractivity contribution < 1.29 is 35.2 Å². The largest absolute Gasteiger partial charge is 0.542 e. The van der Waals surface area contributed by atoms with Gasteiger partial charge in [0, 0.05) is 6.21 Å². The lowest BCUT2D eigenvalue weighted by Gasteiger charge is -2.27. The first-order chi connectivity index (χ1) is 16.3. The van der Waals surface area contributed by atoms with E-state index < -0.39 is 65.6 Å². The van der Waals surface area contributed by atoms with E-state index in [0.29, 0.717) is 23.3 Å². The Hall–Kier alpha value is -2.03. The maximum atomic E-state index is 14.2. The van der Waals surface area contributed by atoms with E-state index in [1.807, 2.05) is 58.9 Å². The summed E-state index contributed by atoms with van der Waals surface area (Å²) in [6.07, 6.45) is 0.667. The summed E-state index contributed by atoms with van der Waals surface area (Å²) >= 11 is 0. The van der Waals surface area contributed by atoms with Crippen LogP contribution in [0.25, 0.3) is 0 Å². The first kappa shape index (κ1) is 30.2. The molecule has 200 valence electrons. The van der Waals surface area contributed by atoms with Gasteiger partial charge in [0.15, 0.2) is 31.6 Å². The number of halogens is 5. The van der Waals surface area contributed by atoms with Crippen LogP contribution >= 0.6 is 0 Å². The maximum absolute atomic E-state index is 14.2. The molecule has 0 saturated carbocycles. The summed E-state index contributed by atoms with van der Waals surface area (Å²) in [6.45, 7) is 18.1. The van der Waals surface area contributed by atoms with E-state index in [-0.39, 0.29) is 6.61 Å². The molecule has 12 heteroatoms. The molecule has 2 aromatic rings. The van der Waals surface area contributed by atoms with E-state index in [0.717, 1.165) is 0 Å². The van der Waals surface area contributed by atoms with Crippen molar-refractivity contribution in [2.75, 3.05) is 6.61 Å². The maximum Gasteiger partial charge on any atom is 0.242 e. The molecular weight excluding hydrogens is 530 g/mol. The number of hydrogen-bond donors (Lipinski definition) is 0. The van der Waals surface area contributed by atoms with Gasteiger partial charge < -0.3 is 13.3 Å². The first-order valence-corrected chi connectivity index (χ1v) is 21.7. The lowest BCUT2D eigenvalue weighted by atomic mass is 10.1. The van der Waals surface area contributed by atoms with Gasteiger partial charge in [-0.05, 0) is 76.6 Å². The minimum Gasteiger partial charge on any atom is -0.542 e. The van der Waals surface area contributed by atoms with Gasteiger partial charge in [-0.1, -0.05) is 6.07 Å². The van der Waals surface area contributed by atoms with E-state index >= 15 is 0 Å². The van der Waals surface area contributed by atoms with Gasteiger partial charge in [0.2, 0.25) is 22.5 Å². The second-order valence-electron chi connectivity index (χ2n) is 11.3. The molecule has 1 unspecified atom stereocenters. The Morgan fingerprint density at radius 2 is 1.17 bits per heavy atom. The Morgan fingerprint density at radius 1 is 0.694 bits per heavy atom. The zero-order valence-electron chi connectivity index (χ0n) is 22.2. The van der Waals surface area contributed by atoms with Crippen LogP contribution in [-0.4, -0.2) is 37.8 Å². The molecule has 0 aromatic heterocycles. The van der Waals surface area contributed by atoms with Crippen molar-refractivity contribution in [1.29, 1.82) is 0 Å². The molecule has 0 aliphatic rings. The van der Waals surface area contributed by atoms with Gasteiger partial charge in [-0.25, -0.2) is 22.0 Å². The first-order valence-electron chi connectivity index (χ1n) is 11.5. The highest BCUT2D eigenvalue weighted by atomic mass is 28.4. The normalized spacial score (nSPS) is 13.8. The van der Waals surface area contributed by atoms with Crippen molar-refractivity contribution >= 4 is 31.2 Å². The fourth-order valence-corrected chi connectivity index (χ4v) is 5.32. The Morgan fingerprint density at radius 3 is 1.64 bits per heavy atom. The molecule has 0 amide bonds. The SMILES string of the molecule is C[Si](C)(C)OCC(N=Cc1c(F)c(F)c(F)c(F)c1F)c1ccc(O[Si](C)(C)C)c(O[Si](C)(C)C)c1. The minimum atomic E-state index is -2.22. The molecule has 0 N–H and O–H groups in total. The Bertz CT molecular complexity index is 1100. The fraction of sp³-hybridized carbons (Fsp3) is 0.458. The fourth-order valence-electron chi connectivity index (χ4n) is 3.01. The van der Waals surface area contributed by atoms with Gasteiger partial charge in [0.25, 0.3) is 0 Å². The molecule has 1 atom stereocenters. The van der Waals surface area contributed by atoms with E-state index in [1.54, 1.807) is 18.2 Å². The highest BCUT2D eigenvalue weighted by Crippen LogP contribution is 2.35. The third kappa shape index (κ3) is 8.53. The molecule has 2 aromatic carbocycles. The van der Waals surface area contributed by atoms with Gasteiger partial charge in [0.05, 0.1) is 18.2 Å². The van der Waals surface area contributed by atoms with Crippen LogP contribution in [0.15, 0.2) is 23.2 Å². The highest BCUT2D eigenvalue weighted by Gasteiger charge is 2.27. The topological polar surface area (TPSA) is 40.0 Å². The second kappa shape index (κ2) is 11.2. The smallest absolute Gasteiger partial charge is 0.242 e. The van der Waals surface area contributed by atoms with E-state index in [9.17, 15) is 22.0 Å². The predicted octanol–water partition coefficient (Wildman–Crippen LogP) is 7.82. The van der Waals surface area contributed by atoms with Crippen LogP contribution in [0.2, 0.25) is 58.9 Å². The Kier molecular flexibility index (Phi) is 9.35. The van der Waals surface area contributed by atoms with Crippen molar-refractivity contribution in [2.24, 2.45) is 4.99 Å². The van der Waals surface area contributed by atoms with Crippen LogP contribution in [0.3, 0.4) is 0 Å². The van der Waals surface area contributed by atoms with E-state index in [1.165, 1.54) is 0 Å². The molecule has 0 bridgehead atoms. The summed E-state index contributed by atoms with van der Waals surface area (Å²) in [5.41, 5.74) is -0.522. The molecular formula is C24H34F5NO3Si3. The quantitative estimate of drug-likeness (QED) is 0.0973. The Balaban J connectivity index is 2.59. The second-order valence-corrected chi connectivity index (χ2v) is 24.7. The Labute approximate surface area is 212 Å². The monoisotopic (exact) mass is 563 g/mol. The number of aliphatic imine (C=N–C) groups is 1. The van der Waals surface area contributed by atoms with Gasteiger partial charge in [-0.15, -0.1) is 0 Å². The number of nitrogens with zero attached hydrogens (tertiary/aromatic N) is 1. The summed E-state index contributed by atoms with van der Waals surface area (Å²) < 4.78 is 87.7. The van der Waals surface area contributed by atoms with Crippen LogP contribution in [0.4, 0.5) is 22.0 Å². The molecule has 0 saturated heterocycles. The van der Waals surface area contributed by atoms with Crippen molar-refractivity contribution in [2.45, 2.75) is 65.0 Å². The summed E-state index contributed by atoms with van der Waals surface area (Å²) in [5, 5.41) is 0. The lowest BCUT2D eigenvalue weighted by Crippen LogP contribution is -2.32. The van der Waals surface area contributed by atoms with Crippen LogP contribution in [0.5, 0.6) is 11.5 Å². The summed E-state index contributed by atoms with van der Waals surface area (Å²) in [5.74, 6) is -9.06. The van der Waals surface area contributed by atoms with Gasteiger partial charge in [0.1, 0.15) is 11.5 Å². The predicted molar refractivity (Wildman–Crippen MR) is 140 cm³/mol. The molecule has 0 fully saturated rings. The average Bonchev–Trinajstić information content (AvgIpc) is 2.71. The molecule has 0 radical (unpaired) electrons. The summed E-state index contributed by atoms with van der Waals surface area (Å²) in [7, 11) is -6.07. The average molecular weight is 564 g/mol. The van der Waals surface area contributed by atoms with Gasteiger partial charge >= 0.3 is 0 Å². The molecule has 0 spiro atoms. The number of hydrogen-bond acceptors (Lipinski definition) is 4. The van der Waals surface area contributed by atoms with Gasteiger partial charge in [-0.3, -0.25) is 4.99 Å². The van der Waals surface area contributed by atoms with Crippen molar-refractivity contribution in [3.05, 3.63) is 58.4 Å². The zero-order chi connectivity index (χ0) is 27.6. The van der Waals surface area contributed by atoms with Crippen LogP contribution < -0.4 is 8.85 Å². The summed E-state index contributed by atoms with van der Waals surface area (Å²) in [6, 6.07) is 4.43. The zero-order valence-corrected chi connectivity index (χ0v) is 25.2. The van der Waals surface area contributed by atoms with Crippen LogP contribution in [0, 0.1) is 29.1 Å². The molecule has 0 aliphatic heterocycles. The number of benzene rings is 2. The van der Waals surface area contributed by atoms with Crippen LogP contribution in [-0.2, 0) is 4.43 Å². The molecule has 4 nitrogen and oxygen atoms in total. The third-order valence-electron chi connectivity index (χ3n) is 4.49. The van der Waals surface area contributed by atoms with Gasteiger partial charge in [-0.2, -0.15) is 0 Å². The molecule has 36 heavy (non-hydrogen) atoms. The summed E-state index contributed by atoms with van der Waals surface area (Å²) in [4.78, 5) is 4.20. The van der Waals surface area contributed by atoms with Crippen molar-refractivity contribution in [3.63, 3.8) is 0 Å². The molecule has 0 heterocycles. The van der Waals surface area contributed by atoms with Crippen LogP contribution in [0.1, 0.15) is 17.2 Å². The number of rotatable bonds is 10. The standard InChI is InChI=1S/C24H34F5NO3Si3/c1-34(2,3)31-14-17(30-13-16-20(25)22(27)24(29)23(28)21(16)26)15-10-11-18(32-35(4,5)6)19(12-15)33-36(7,8)9/h10-13,17H,14H2,1-9H3. The molecule has 2 rings (SSSR count). The highest BCUT2D eigenvalue weighted by molar-refractivity contribution is 6.71. The van der Waals surface area contributed by atoms with Crippen molar-refractivity contribution in [1.82, 2.24) is 0 Å². The van der Waals surface area contributed by atoms with E-state index in [2.05, 4.69) is 4.99 Å². The minimum absolute atomic E-state index is 0.0439. The lowest BCUT2D eigenvalue weighted by molar-refractivity contribution is 0.285. The van der Waals surface area contributed by atoms with E-state index in [4.69, 9.17) is 13.3 Å². The van der Waals surface area contributed by atoms with Crippen molar-refractivity contribution in [3.8, 4) is 11.5 Å². The third-order valence-corrected chi connectivity index (χ3v) is 7.18.